The molecule has 1 atom stereocenters. The van der Waals surface area contributed by atoms with Gasteiger partial charge in [0.15, 0.2) is 0 Å². The van der Waals surface area contributed by atoms with Crippen LogP contribution in [0.4, 0.5) is 0 Å². The molecule has 0 radical (unpaired) electrons. The van der Waals surface area contributed by atoms with Gasteiger partial charge in [-0.1, -0.05) is 60.2 Å². The molecule has 2 aromatic carbocycles. The van der Waals surface area contributed by atoms with E-state index in [1.54, 1.807) is 6.08 Å². The Balaban J connectivity index is 2.14. The number of nitriles is 1. The van der Waals surface area contributed by atoms with Crippen LogP contribution in [0.1, 0.15) is 29.7 Å². The number of nitrogens with zero attached hydrogens (tertiary/aromatic N) is 1. The van der Waals surface area contributed by atoms with Crippen LogP contribution in [0, 0.1) is 18.3 Å². The highest BCUT2D eigenvalue weighted by Crippen LogP contribution is 2.13. The zero-order valence-corrected chi connectivity index (χ0v) is 12.7. The number of nitrogens with one attached hydrogen (secondary N) is 1. The maximum Gasteiger partial charge on any atom is 0.262 e. The summed E-state index contributed by atoms with van der Waals surface area (Å²) in [5, 5.41) is 12.1. The van der Waals surface area contributed by atoms with Crippen LogP contribution in [0.3, 0.4) is 0 Å². The molecule has 0 aliphatic rings. The third-order valence-electron chi connectivity index (χ3n) is 3.37. The SMILES string of the molecule is Cc1cccc(/C=C(\C#N)C(=O)NC(C)c2ccccc2)c1. The zero-order chi connectivity index (χ0) is 15.9. The van der Waals surface area contributed by atoms with Crippen molar-refractivity contribution >= 4 is 12.0 Å². The fourth-order valence-corrected chi connectivity index (χ4v) is 2.17. The average Bonchev–Trinajstić information content (AvgIpc) is 2.53. The van der Waals surface area contributed by atoms with Gasteiger partial charge in [0.1, 0.15) is 11.6 Å². The van der Waals surface area contributed by atoms with Crippen LogP contribution in [-0.2, 0) is 4.79 Å². The number of hydrogen-bond acceptors (Lipinski definition) is 2. The van der Waals surface area contributed by atoms with E-state index in [-0.39, 0.29) is 17.5 Å². The van der Waals surface area contributed by atoms with Crippen molar-refractivity contribution in [2.75, 3.05) is 0 Å². The lowest BCUT2D eigenvalue weighted by atomic mass is 10.1. The zero-order valence-electron chi connectivity index (χ0n) is 12.7. The minimum atomic E-state index is -0.361. The Morgan fingerprint density at radius 1 is 1.18 bits per heavy atom. The molecule has 2 aromatic rings. The smallest absolute Gasteiger partial charge is 0.262 e. The molecule has 0 aliphatic heterocycles. The summed E-state index contributed by atoms with van der Waals surface area (Å²) >= 11 is 0. The third kappa shape index (κ3) is 4.07. The van der Waals surface area contributed by atoms with E-state index < -0.39 is 0 Å². The van der Waals surface area contributed by atoms with Crippen molar-refractivity contribution < 1.29 is 4.79 Å². The van der Waals surface area contributed by atoms with Crippen LogP contribution in [0.15, 0.2) is 60.2 Å². The summed E-state index contributed by atoms with van der Waals surface area (Å²) in [7, 11) is 0. The van der Waals surface area contributed by atoms with Crippen LogP contribution >= 0.6 is 0 Å². The van der Waals surface area contributed by atoms with E-state index in [2.05, 4.69) is 5.32 Å². The molecular formula is C19H18N2O. The lowest BCUT2D eigenvalue weighted by Gasteiger charge is -2.13. The first-order valence-electron chi connectivity index (χ1n) is 7.14. The fourth-order valence-electron chi connectivity index (χ4n) is 2.17. The summed E-state index contributed by atoms with van der Waals surface area (Å²) < 4.78 is 0. The Morgan fingerprint density at radius 3 is 2.55 bits per heavy atom. The van der Waals surface area contributed by atoms with E-state index in [0.29, 0.717) is 0 Å². The first-order chi connectivity index (χ1) is 10.6. The molecule has 1 amide bonds. The quantitative estimate of drug-likeness (QED) is 0.688. The fraction of sp³-hybridized carbons (Fsp3) is 0.158. The summed E-state index contributed by atoms with van der Waals surface area (Å²) in [5.74, 6) is -0.361. The monoisotopic (exact) mass is 290 g/mol. The molecule has 1 N–H and O–H groups in total. The molecule has 0 aromatic heterocycles. The summed E-state index contributed by atoms with van der Waals surface area (Å²) in [5.41, 5.74) is 3.04. The topological polar surface area (TPSA) is 52.9 Å². The number of carbonyl (C=O) groups is 1. The Bertz CT molecular complexity index is 727. The Labute approximate surface area is 130 Å². The minimum absolute atomic E-state index is 0.105. The Morgan fingerprint density at radius 2 is 1.91 bits per heavy atom. The van der Waals surface area contributed by atoms with E-state index in [4.69, 9.17) is 0 Å². The molecule has 0 aliphatic carbocycles. The molecule has 3 heteroatoms. The van der Waals surface area contributed by atoms with Gasteiger partial charge in [-0.25, -0.2) is 0 Å². The second kappa shape index (κ2) is 7.24. The average molecular weight is 290 g/mol. The lowest BCUT2D eigenvalue weighted by molar-refractivity contribution is -0.117. The molecule has 2 rings (SSSR count). The van der Waals surface area contributed by atoms with Gasteiger partial charge in [0.05, 0.1) is 6.04 Å². The van der Waals surface area contributed by atoms with Crippen molar-refractivity contribution in [3.63, 3.8) is 0 Å². The van der Waals surface area contributed by atoms with E-state index in [9.17, 15) is 10.1 Å². The Kier molecular flexibility index (Phi) is 5.11. The van der Waals surface area contributed by atoms with Gasteiger partial charge in [0.25, 0.3) is 5.91 Å². The summed E-state index contributed by atoms with van der Waals surface area (Å²) in [6.07, 6.45) is 1.61. The van der Waals surface area contributed by atoms with Gasteiger partial charge in [0.2, 0.25) is 0 Å². The van der Waals surface area contributed by atoms with Gasteiger partial charge in [0, 0.05) is 0 Å². The first-order valence-corrected chi connectivity index (χ1v) is 7.14. The molecule has 0 saturated carbocycles. The largest absolute Gasteiger partial charge is 0.345 e. The van der Waals surface area contributed by atoms with E-state index in [1.165, 1.54) is 0 Å². The molecule has 0 bridgehead atoms. The maximum absolute atomic E-state index is 12.2. The van der Waals surface area contributed by atoms with Crippen molar-refractivity contribution in [3.05, 3.63) is 76.9 Å². The highest BCUT2D eigenvalue weighted by atomic mass is 16.1. The van der Waals surface area contributed by atoms with Crippen molar-refractivity contribution in [1.82, 2.24) is 5.32 Å². The predicted molar refractivity (Wildman–Crippen MR) is 87.8 cm³/mol. The van der Waals surface area contributed by atoms with Gasteiger partial charge in [-0.2, -0.15) is 5.26 Å². The highest BCUT2D eigenvalue weighted by Gasteiger charge is 2.13. The number of rotatable bonds is 4. The molecule has 22 heavy (non-hydrogen) atoms. The standard InChI is InChI=1S/C19H18N2O/c1-14-7-6-8-16(11-14)12-18(13-20)19(22)21-15(2)17-9-4-3-5-10-17/h3-12,15H,1-2H3,(H,21,22)/b18-12+. The first kappa shape index (κ1) is 15.5. The molecule has 110 valence electrons. The maximum atomic E-state index is 12.2. The van der Waals surface area contributed by atoms with Gasteiger partial charge >= 0.3 is 0 Å². The molecular weight excluding hydrogens is 272 g/mol. The van der Waals surface area contributed by atoms with E-state index in [1.807, 2.05) is 74.5 Å². The van der Waals surface area contributed by atoms with Gasteiger partial charge in [-0.15, -0.1) is 0 Å². The molecule has 0 spiro atoms. The molecule has 0 saturated heterocycles. The lowest BCUT2D eigenvalue weighted by Crippen LogP contribution is -2.27. The number of carbonyl (C=O) groups excluding carboxylic acids is 1. The molecule has 3 nitrogen and oxygen atoms in total. The number of aryl methyl sites for hydroxylation is 1. The van der Waals surface area contributed by atoms with Gasteiger partial charge in [-0.05, 0) is 31.1 Å². The predicted octanol–water partition coefficient (Wildman–Crippen LogP) is 3.78. The summed E-state index contributed by atoms with van der Waals surface area (Å²) in [6.45, 7) is 3.87. The Hall–Kier alpha value is -2.86. The van der Waals surface area contributed by atoms with Crippen molar-refractivity contribution in [2.45, 2.75) is 19.9 Å². The van der Waals surface area contributed by atoms with Crippen LogP contribution in [0.5, 0.6) is 0 Å². The van der Waals surface area contributed by atoms with Gasteiger partial charge < -0.3 is 5.32 Å². The summed E-state index contributed by atoms with van der Waals surface area (Å²) in [4.78, 5) is 12.2. The van der Waals surface area contributed by atoms with E-state index in [0.717, 1.165) is 16.7 Å². The van der Waals surface area contributed by atoms with Crippen molar-refractivity contribution in [3.8, 4) is 6.07 Å². The molecule has 0 heterocycles. The minimum Gasteiger partial charge on any atom is -0.345 e. The molecule has 1 unspecified atom stereocenters. The number of benzene rings is 2. The second-order valence-electron chi connectivity index (χ2n) is 5.19. The third-order valence-corrected chi connectivity index (χ3v) is 3.37. The van der Waals surface area contributed by atoms with Crippen LogP contribution < -0.4 is 5.32 Å². The van der Waals surface area contributed by atoms with E-state index >= 15 is 0 Å². The number of hydrogen-bond donors (Lipinski definition) is 1. The normalized spacial score (nSPS) is 12.3. The summed E-state index contributed by atoms with van der Waals surface area (Å²) in [6, 6.07) is 19.2. The highest BCUT2D eigenvalue weighted by molar-refractivity contribution is 6.01. The van der Waals surface area contributed by atoms with Crippen LogP contribution in [-0.4, -0.2) is 5.91 Å². The van der Waals surface area contributed by atoms with Crippen molar-refractivity contribution in [2.24, 2.45) is 0 Å². The number of amides is 1. The second-order valence-corrected chi connectivity index (χ2v) is 5.19. The van der Waals surface area contributed by atoms with Crippen molar-refractivity contribution in [1.29, 1.82) is 5.26 Å². The van der Waals surface area contributed by atoms with Crippen LogP contribution in [0.2, 0.25) is 0 Å². The van der Waals surface area contributed by atoms with Crippen LogP contribution in [0.25, 0.3) is 6.08 Å². The molecule has 0 fully saturated rings. The van der Waals surface area contributed by atoms with Gasteiger partial charge in [-0.3, -0.25) is 4.79 Å².